The van der Waals surface area contributed by atoms with Gasteiger partial charge in [0.15, 0.2) is 5.16 Å². The summed E-state index contributed by atoms with van der Waals surface area (Å²) in [5.74, 6) is 1.51. The molecule has 1 N–H and O–H groups in total. The minimum atomic E-state index is -0.801. The maximum absolute atomic E-state index is 10.8. The van der Waals surface area contributed by atoms with Gasteiger partial charge in [0.25, 0.3) is 0 Å². The molecule has 0 radical (unpaired) electrons. The van der Waals surface area contributed by atoms with Crippen LogP contribution in [0.15, 0.2) is 29.4 Å². The Balaban J connectivity index is 2.03. The molecule has 6 heteroatoms. The molecule has 2 aromatic rings. The molecule has 19 heavy (non-hydrogen) atoms. The molecule has 0 amide bonds. The van der Waals surface area contributed by atoms with Gasteiger partial charge < -0.3 is 9.67 Å². The molecule has 1 fully saturated rings. The summed E-state index contributed by atoms with van der Waals surface area (Å²) in [6.45, 7) is 0. The molecule has 1 atom stereocenters. The standard InChI is InChI=1S/C13H14N2O2S2/c16-12(17)8-19-13-14-10-3-1-2-4-11(10)15(13)9-5-6-18-7-9/h1-4,9H,5-8H2,(H,16,17). The predicted molar refractivity (Wildman–Crippen MR) is 79.1 cm³/mol. The molecule has 1 aliphatic rings. The zero-order chi connectivity index (χ0) is 13.2. The number of hydrogen-bond donors (Lipinski definition) is 1. The molecule has 2 heterocycles. The molecule has 0 saturated carbocycles. The third-order valence-electron chi connectivity index (χ3n) is 3.16. The van der Waals surface area contributed by atoms with Gasteiger partial charge >= 0.3 is 5.97 Å². The van der Waals surface area contributed by atoms with Crippen molar-refractivity contribution in [3.05, 3.63) is 24.3 Å². The van der Waals surface area contributed by atoms with Gasteiger partial charge in [-0.3, -0.25) is 4.79 Å². The van der Waals surface area contributed by atoms with Crippen LogP contribution in [0.2, 0.25) is 0 Å². The van der Waals surface area contributed by atoms with Crippen molar-refractivity contribution in [3.8, 4) is 0 Å². The summed E-state index contributed by atoms with van der Waals surface area (Å²) < 4.78 is 2.23. The molecule has 3 rings (SSSR count). The second-order valence-electron chi connectivity index (χ2n) is 4.45. The van der Waals surface area contributed by atoms with Crippen LogP contribution in [0.3, 0.4) is 0 Å². The maximum Gasteiger partial charge on any atom is 0.313 e. The summed E-state index contributed by atoms with van der Waals surface area (Å²) >= 11 is 3.26. The van der Waals surface area contributed by atoms with Gasteiger partial charge in [-0.1, -0.05) is 23.9 Å². The van der Waals surface area contributed by atoms with Crippen LogP contribution in [0, 0.1) is 0 Å². The van der Waals surface area contributed by atoms with E-state index < -0.39 is 5.97 Å². The number of benzene rings is 1. The highest BCUT2D eigenvalue weighted by molar-refractivity contribution is 8.00. The van der Waals surface area contributed by atoms with E-state index in [0.717, 1.165) is 28.4 Å². The Hall–Kier alpha value is -1.14. The molecule has 0 aliphatic carbocycles. The highest BCUT2D eigenvalue weighted by atomic mass is 32.2. The first kappa shape index (κ1) is 12.9. The van der Waals surface area contributed by atoms with Gasteiger partial charge in [-0.25, -0.2) is 4.98 Å². The number of hydrogen-bond acceptors (Lipinski definition) is 4. The highest BCUT2D eigenvalue weighted by Gasteiger charge is 2.23. The fourth-order valence-corrected chi connectivity index (χ4v) is 4.32. The number of thioether (sulfide) groups is 2. The Bertz CT molecular complexity index is 606. The quantitative estimate of drug-likeness (QED) is 0.879. The third kappa shape index (κ3) is 2.60. The number of carboxylic acid groups (broad SMARTS) is 1. The summed E-state index contributed by atoms with van der Waals surface area (Å²) in [6, 6.07) is 8.46. The minimum Gasteiger partial charge on any atom is -0.481 e. The van der Waals surface area contributed by atoms with Crippen LogP contribution in [-0.2, 0) is 4.79 Å². The van der Waals surface area contributed by atoms with Gasteiger partial charge in [0, 0.05) is 11.8 Å². The molecular formula is C13H14N2O2S2. The van der Waals surface area contributed by atoms with Crippen molar-refractivity contribution in [2.24, 2.45) is 0 Å². The van der Waals surface area contributed by atoms with Gasteiger partial charge in [0.2, 0.25) is 0 Å². The van der Waals surface area contributed by atoms with Crippen LogP contribution >= 0.6 is 23.5 Å². The van der Waals surface area contributed by atoms with Crippen LogP contribution in [-0.4, -0.2) is 37.9 Å². The third-order valence-corrected chi connectivity index (χ3v) is 5.24. The van der Waals surface area contributed by atoms with Gasteiger partial charge in [-0.15, -0.1) is 0 Å². The first-order valence-corrected chi connectivity index (χ1v) is 8.29. The lowest BCUT2D eigenvalue weighted by Gasteiger charge is -2.14. The first-order chi connectivity index (χ1) is 9.25. The van der Waals surface area contributed by atoms with Crippen molar-refractivity contribution < 1.29 is 9.90 Å². The maximum atomic E-state index is 10.8. The fourth-order valence-electron chi connectivity index (χ4n) is 2.33. The largest absolute Gasteiger partial charge is 0.481 e. The van der Waals surface area contributed by atoms with Crippen LogP contribution < -0.4 is 0 Å². The van der Waals surface area contributed by atoms with E-state index in [0.29, 0.717) is 6.04 Å². The summed E-state index contributed by atoms with van der Waals surface area (Å²) in [6.07, 6.45) is 1.13. The molecule has 1 aromatic carbocycles. The van der Waals surface area contributed by atoms with Crippen molar-refractivity contribution >= 4 is 40.5 Å². The van der Waals surface area contributed by atoms with E-state index in [9.17, 15) is 4.79 Å². The van der Waals surface area contributed by atoms with Crippen molar-refractivity contribution in [1.29, 1.82) is 0 Å². The average molecular weight is 294 g/mol. The van der Waals surface area contributed by atoms with E-state index in [4.69, 9.17) is 5.11 Å². The second kappa shape index (κ2) is 5.46. The summed E-state index contributed by atoms with van der Waals surface area (Å²) in [5.41, 5.74) is 2.06. The summed E-state index contributed by atoms with van der Waals surface area (Å²) in [4.78, 5) is 15.3. The lowest BCUT2D eigenvalue weighted by Crippen LogP contribution is -2.10. The van der Waals surface area contributed by atoms with Gasteiger partial charge in [0.05, 0.1) is 16.8 Å². The normalized spacial score (nSPS) is 19.1. The topological polar surface area (TPSA) is 55.1 Å². The number of fused-ring (bicyclic) bond motifs is 1. The molecule has 1 aliphatic heterocycles. The highest BCUT2D eigenvalue weighted by Crippen LogP contribution is 2.35. The number of aliphatic carboxylic acids is 1. The van der Waals surface area contributed by atoms with E-state index in [-0.39, 0.29) is 5.75 Å². The number of imidazole rings is 1. The van der Waals surface area contributed by atoms with E-state index in [1.54, 1.807) is 0 Å². The molecular weight excluding hydrogens is 280 g/mol. The molecule has 0 bridgehead atoms. The number of aromatic nitrogens is 2. The molecule has 1 saturated heterocycles. The number of rotatable bonds is 4. The minimum absolute atomic E-state index is 0.0587. The fraction of sp³-hybridized carbons (Fsp3) is 0.385. The molecule has 0 spiro atoms. The average Bonchev–Trinajstić information content (AvgIpc) is 3.02. The lowest BCUT2D eigenvalue weighted by atomic mass is 10.2. The molecule has 100 valence electrons. The molecule has 4 nitrogen and oxygen atoms in total. The number of carboxylic acids is 1. The van der Waals surface area contributed by atoms with Crippen LogP contribution in [0.25, 0.3) is 11.0 Å². The van der Waals surface area contributed by atoms with E-state index in [1.165, 1.54) is 17.5 Å². The second-order valence-corrected chi connectivity index (χ2v) is 6.55. The van der Waals surface area contributed by atoms with Gasteiger partial charge in [-0.05, 0) is 24.3 Å². The Morgan fingerprint density at radius 1 is 1.53 bits per heavy atom. The summed E-state index contributed by atoms with van der Waals surface area (Å²) in [5, 5.41) is 9.67. The van der Waals surface area contributed by atoms with Crippen molar-refractivity contribution in [3.63, 3.8) is 0 Å². The number of carbonyl (C=O) groups is 1. The van der Waals surface area contributed by atoms with Crippen molar-refractivity contribution in [2.45, 2.75) is 17.6 Å². The van der Waals surface area contributed by atoms with Gasteiger partial charge in [0.1, 0.15) is 0 Å². The smallest absolute Gasteiger partial charge is 0.313 e. The lowest BCUT2D eigenvalue weighted by molar-refractivity contribution is -0.133. The Morgan fingerprint density at radius 2 is 2.37 bits per heavy atom. The SMILES string of the molecule is O=C(O)CSc1nc2ccccc2n1C1CCSC1. The first-order valence-electron chi connectivity index (χ1n) is 6.15. The number of nitrogens with zero attached hydrogens (tertiary/aromatic N) is 2. The van der Waals surface area contributed by atoms with E-state index >= 15 is 0 Å². The zero-order valence-corrected chi connectivity index (χ0v) is 11.9. The van der Waals surface area contributed by atoms with Crippen molar-refractivity contribution in [1.82, 2.24) is 9.55 Å². The van der Waals surface area contributed by atoms with E-state index in [1.807, 2.05) is 30.0 Å². The van der Waals surface area contributed by atoms with Crippen LogP contribution in [0.4, 0.5) is 0 Å². The van der Waals surface area contributed by atoms with Crippen LogP contribution in [0.1, 0.15) is 12.5 Å². The zero-order valence-electron chi connectivity index (χ0n) is 10.3. The Morgan fingerprint density at radius 3 is 3.11 bits per heavy atom. The van der Waals surface area contributed by atoms with Crippen molar-refractivity contribution in [2.75, 3.05) is 17.3 Å². The van der Waals surface area contributed by atoms with E-state index in [2.05, 4.69) is 15.6 Å². The van der Waals surface area contributed by atoms with Crippen LogP contribution in [0.5, 0.6) is 0 Å². The monoisotopic (exact) mass is 294 g/mol. The summed E-state index contributed by atoms with van der Waals surface area (Å²) in [7, 11) is 0. The Kier molecular flexibility index (Phi) is 3.70. The molecule has 1 aromatic heterocycles. The Labute approximate surface area is 119 Å². The molecule has 1 unspecified atom stereocenters. The number of para-hydroxylation sites is 2. The predicted octanol–water partition coefficient (Wildman–Crippen LogP) is 2.89. The van der Waals surface area contributed by atoms with Gasteiger partial charge in [-0.2, -0.15) is 11.8 Å².